The van der Waals surface area contributed by atoms with Crippen LogP contribution in [-0.2, 0) is 4.74 Å². The van der Waals surface area contributed by atoms with Crippen molar-refractivity contribution in [1.29, 1.82) is 0 Å². The van der Waals surface area contributed by atoms with Gasteiger partial charge < -0.3 is 19.9 Å². The number of halogens is 1. The van der Waals surface area contributed by atoms with Gasteiger partial charge in [-0.3, -0.25) is 4.79 Å². The molecule has 142 valence electrons. The molecule has 1 aromatic carbocycles. The van der Waals surface area contributed by atoms with E-state index in [4.69, 9.17) is 16.3 Å². The second-order valence-corrected chi connectivity index (χ2v) is 8.33. The van der Waals surface area contributed by atoms with Crippen molar-refractivity contribution in [2.75, 3.05) is 31.5 Å². The van der Waals surface area contributed by atoms with Crippen LogP contribution in [-0.4, -0.2) is 59.6 Å². The summed E-state index contributed by atoms with van der Waals surface area (Å²) >= 11 is 6.33. The number of carbonyl (C=O) groups is 2. The van der Waals surface area contributed by atoms with Gasteiger partial charge in [0.05, 0.1) is 16.6 Å². The molecule has 6 nitrogen and oxygen atoms in total. The highest BCUT2D eigenvalue weighted by molar-refractivity contribution is 6.34. The van der Waals surface area contributed by atoms with Gasteiger partial charge in [-0.15, -0.1) is 0 Å². The van der Waals surface area contributed by atoms with Crippen molar-refractivity contribution in [1.82, 2.24) is 9.80 Å². The van der Waals surface area contributed by atoms with Crippen molar-refractivity contribution in [3.8, 4) is 0 Å². The van der Waals surface area contributed by atoms with E-state index in [1.807, 2.05) is 31.7 Å². The summed E-state index contributed by atoms with van der Waals surface area (Å²) in [5.74, 6) is -0.00112. The summed E-state index contributed by atoms with van der Waals surface area (Å²) in [6, 6.07) is 5.57. The second kappa shape index (κ2) is 7.35. The van der Waals surface area contributed by atoms with E-state index >= 15 is 0 Å². The van der Waals surface area contributed by atoms with Gasteiger partial charge in [0, 0.05) is 31.9 Å². The van der Waals surface area contributed by atoms with Crippen LogP contribution in [0.15, 0.2) is 18.2 Å². The first-order chi connectivity index (χ1) is 12.2. The Morgan fingerprint density at radius 3 is 2.38 bits per heavy atom. The summed E-state index contributed by atoms with van der Waals surface area (Å²) in [4.78, 5) is 27.9. The minimum atomic E-state index is -0.485. The van der Waals surface area contributed by atoms with Crippen molar-refractivity contribution in [2.24, 2.45) is 0 Å². The molecule has 2 fully saturated rings. The summed E-state index contributed by atoms with van der Waals surface area (Å²) < 4.78 is 5.35. The van der Waals surface area contributed by atoms with Crippen LogP contribution >= 0.6 is 11.6 Å². The Labute approximate surface area is 159 Å². The average molecular weight is 380 g/mol. The number of amides is 2. The Kier molecular flexibility index (Phi) is 5.32. The Morgan fingerprint density at radius 2 is 1.81 bits per heavy atom. The number of ether oxygens (including phenoxy) is 1. The molecule has 2 saturated heterocycles. The van der Waals surface area contributed by atoms with E-state index in [-0.39, 0.29) is 18.0 Å². The fourth-order valence-electron chi connectivity index (χ4n) is 3.15. The zero-order valence-electron chi connectivity index (χ0n) is 15.5. The highest BCUT2D eigenvalue weighted by Crippen LogP contribution is 2.26. The standard InChI is InChI=1S/C19H26ClN3O3/c1-19(2,3)26-18(25)23-11-14(12-23)21-13-6-7-15(16(20)10-13)17(24)22-8-4-5-9-22/h6-7,10,14,21H,4-5,8-9,11-12H2,1-3H3. The normalized spacial score (nSPS) is 17.8. The Morgan fingerprint density at radius 1 is 1.15 bits per heavy atom. The van der Waals surface area contributed by atoms with Gasteiger partial charge >= 0.3 is 6.09 Å². The van der Waals surface area contributed by atoms with Crippen molar-refractivity contribution in [3.05, 3.63) is 28.8 Å². The highest BCUT2D eigenvalue weighted by atomic mass is 35.5. The molecule has 0 aliphatic carbocycles. The molecule has 0 unspecified atom stereocenters. The number of rotatable bonds is 3. The van der Waals surface area contributed by atoms with Gasteiger partial charge in [-0.2, -0.15) is 0 Å². The maximum absolute atomic E-state index is 12.5. The summed E-state index contributed by atoms with van der Waals surface area (Å²) in [6.07, 6.45) is 1.82. The van der Waals surface area contributed by atoms with Crippen molar-refractivity contribution < 1.29 is 14.3 Å². The molecule has 7 heteroatoms. The number of hydrogen-bond donors (Lipinski definition) is 1. The van der Waals surface area contributed by atoms with E-state index in [0.29, 0.717) is 23.7 Å². The van der Waals surface area contributed by atoms with Gasteiger partial charge in [-0.25, -0.2) is 4.79 Å². The van der Waals surface area contributed by atoms with Gasteiger partial charge in [0.1, 0.15) is 5.60 Å². The second-order valence-electron chi connectivity index (χ2n) is 7.92. The third-order valence-electron chi connectivity index (χ3n) is 4.50. The quantitative estimate of drug-likeness (QED) is 0.871. The van der Waals surface area contributed by atoms with E-state index in [0.717, 1.165) is 31.6 Å². The van der Waals surface area contributed by atoms with Gasteiger partial charge in [0.2, 0.25) is 0 Å². The molecule has 1 aromatic rings. The molecular formula is C19H26ClN3O3. The van der Waals surface area contributed by atoms with Crippen LogP contribution in [0.25, 0.3) is 0 Å². The number of nitrogens with zero attached hydrogens (tertiary/aromatic N) is 2. The number of benzene rings is 1. The van der Waals surface area contributed by atoms with Crippen molar-refractivity contribution in [3.63, 3.8) is 0 Å². The summed E-state index contributed by atoms with van der Waals surface area (Å²) in [6.45, 7) is 8.34. The lowest BCUT2D eigenvalue weighted by Crippen LogP contribution is -2.57. The van der Waals surface area contributed by atoms with Crippen LogP contribution in [0.5, 0.6) is 0 Å². The smallest absolute Gasteiger partial charge is 0.410 e. The van der Waals surface area contributed by atoms with Gasteiger partial charge in [-0.05, 0) is 51.8 Å². The van der Waals surface area contributed by atoms with Gasteiger partial charge in [0.25, 0.3) is 5.91 Å². The lowest BCUT2D eigenvalue weighted by Gasteiger charge is -2.40. The third kappa shape index (κ3) is 4.41. The molecule has 0 radical (unpaired) electrons. The Bertz CT molecular complexity index is 690. The fraction of sp³-hybridized carbons (Fsp3) is 0.579. The minimum absolute atomic E-state index is 0.00112. The maximum atomic E-state index is 12.5. The number of nitrogens with one attached hydrogen (secondary N) is 1. The molecule has 0 saturated carbocycles. The van der Waals surface area contributed by atoms with Gasteiger partial charge in [0.15, 0.2) is 0 Å². The Balaban J connectivity index is 1.53. The largest absolute Gasteiger partial charge is 0.444 e. The lowest BCUT2D eigenvalue weighted by atomic mass is 10.1. The number of hydrogen-bond acceptors (Lipinski definition) is 4. The summed E-state index contributed by atoms with van der Waals surface area (Å²) in [5, 5.41) is 3.80. The molecule has 2 heterocycles. The predicted octanol–water partition coefficient (Wildman–Crippen LogP) is 3.61. The monoisotopic (exact) mass is 379 g/mol. The van der Waals surface area contributed by atoms with Crippen LogP contribution in [0.4, 0.5) is 10.5 Å². The fourth-order valence-corrected chi connectivity index (χ4v) is 3.41. The molecule has 0 aromatic heterocycles. The average Bonchev–Trinajstić information content (AvgIpc) is 3.02. The highest BCUT2D eigenvalue weighted by Gasteiger charge is 2.33. The van der Waals surface area contributed by atoms with Crippen LogP contribution in [0.3, 0.4) is 0 Å². The predicted molar refractivity (Wildman–Crippen MR) is 102 cm³/mol. The van der Waals surface area contributed by atoms with Crippen molar-refractivity contribution in [2.45, 2.75) is 45.3 Å². The summed E-state index contributed by atoms with van der Waals surface area (Å²) in [7, 11) is 0. The molecular weight excluding hydrogens is 354 g/mol. The van der Waals surface area contributed by atoms with E-state index < -0.39 is 5.60 Å². The topological polar surface area (TPSA) is 61.9 Å². The first-order valence-corrected chi connectivity index (χ1v) is 9.44. The number of likely N-dealkylation sites (tertiary alicyclic amines) is 2. The first-order valence-electron chi connectivity index (χ1n) is 9.06. The van der Waals surface area contributed by atoms with Crippen LogP contribution < -0.4 is 5.32 Å². The summed E-state index contributed by atoms with van der Waals surface area (Å²) in [5.41, 5.74) is 0.908. The molecule has 3 rings (SSSR count). The molecule has 2 aliphatic heterocycles. The minimum Gasteiger partial charge on any atom is -0.444 e. The van der Waals surface area contributed by atoms with Crippen LogP contribution in [0, 0.1) is 0 Å². The third-order valence-corrected chi connectivity index (χ3v) is 4.81. The maximum Gasteiger partial charge on any atom is 0.410 e. The number of anilines is 1. The molecule has 0 spiro atoms. The van der Waals surface area contributed by atoms with E-state index in [9.17, 15) is 9.59 Å². The van der Waals surface area contributed by atoms with Crippen molar-refractivity contribution >= 4 is 29.3 Å². The van der Waals surface area contributed by atoms with E-state index in [1.54, 1.807) is 17.0 Å². The lowest BCUT2D eigenvalue weighted by molar-refractivity contribution is 0.0105. The molecule has 0 bridgehead atoms. The zero-order valence-corrected chi connectivity index (χ0v) is 16.3. The van der Waals surface area contributed by atoms with Crippen LogP contribution in [0.1, 0.15) is 44.0 Å². The molecule has 1 N–H and O–H groups in total. The molecule has 0 atom stereocenters. The molecule has 2 amide bonds. The first kappa shape index (κ1) is 18.8. The van der Waals surface area contributed by atoms with E-state index in [2.05, 4.69) is 5.32 Å². The number of carbonyl (C=O) groups excluding carboxylic acids is 2. The zero-order chi connectivity index (χ0) is 18.9. The molecule has 2 aliphatic rings. The Hall–Kier alpha value is -1.95. The van der Waals surface area contributed by atoms with E-state index in [1.165, 1.54) is 0 Å². The van der Waals surface area contributed by atoms with Gasteiger partial charge in [-0.1, -0.05) is 11.6 Å². The SMILES string of the molecule is CC(C)(C)OC(=O)N1CC(Nc2ccc(C(=O)N3CCCC3)c(Cl)c2)C1. The molecule has 26 heavy (non-hydrogen) atoms. The van der Waals surface area contributed by atoms with Crippen LogP contribution in [0.2, 0.25) is 5.02 Å².